The van der Waals surface area contributed by atoms with Gasteiger partial charge in [0.2, 0.25) is 0 Å². The summed E-state index contributed by atoms with van der Waals surface area (Å²) in [7, 11) is 0. The molecular formula is C16H18N4O6. The highest BCUT2D eigenvalue weighted by Gasteiger charge is 2.04. The van der Waals surface area contributed by atoms with Gasteiger partial charge in [-0.3, -0.25) is 20.4 Å². The van der Waals surface area contributed by atoms with Gasteiger partial charge in [0, 0.05) is 11.1 Å². The number of hydrogen-bond donors (Lipinski definition) is 6. The maximum Gasteiger partial charge on any atom is 0.414 e. The summed E-state index contributed by atoms with van der Waals surface area (Å²) in [4.78, 5) is 39.8. The van der Waals surface area contributed by atoms with E-state index in [0.717, 1.165) is 0 Å². The van der Waals surface area contributed by atoms with Crippen molar-refractivity contribution < 1.29 is 29.4 Å². The van der Waals surface area contributed by atoms with Crippen LogP contribution in [0.1, 0.15) is 20.7 Å². The monoisotopic (exact) mass is 362 g/mol. The molecule has 0 aliphatic rings. The number of aliphatic carboxylic acids is 2. The number of amides is 2. The van der Waals surface area contributed by atoms with Crippen molar-refractivity contribution in [3.05, 3.63) is 71.8 Å². The molecule has 8 N–H and O–H groups in total. The summed E-state index contributed by atoms with van der Waals surface area (Å²) in [5.41, 5.74) is 5.23. The van der Waals surface area contributed by atoms with Gasteiger partial charge >= 0.3 is 11.9 Å². The lowest BCUT2D eigenvalue weighted by molar-refractivity contribution is -0.159. The molecule has 2 aromatic rings. The molecule has 2 rings (SSSR count). The minimum atomic E-state index is -1.82. The molecule has 0 aromatic heterocycles. The molecule has 2 amide bonds. The van der Waals surface area contributed by atoms with Crippen molar-refractivity contribution in [1.29, 1.82) is 0 Å². The SMILES string of the molecule is NNC(=O)c1ccccc1.NNC(=O)c1ccccc1.O=C(O)C(=O)O. The number of nitrogen functional groups attached to an aromatic ring is 2. The van der Waals surface area contributed by atoms with Crippen LogP contribution in [0.5, 0.6) is 0 Å². The molecule has 0 bridgehead atoms. The molecule has 2 aromatic carbocycles. The third-order valence-corrected chi connectivity index (χ3v) is 2.52. The molecule has 138 valence electrons. The van der Waals surface area contributed by atoms with E-state index in [1.807, 2.05) is 23.0 Å². The molecule has 26 heavy (non-hydrogen) atoms. The third kappa shape index (κ3) is 9.39. The van der Waals surface area contributed by atoms with E-state index in [1.165, 1.54) is 0 Å². The molecule has 0 aliphatic carbocycles. The Morgan fingerprint density at radius 1 is 0.615 bits per heavy atom. The Bertz CT molecular complexity index is 659. The van der Waals surface area contributed by atoms with E-state index in [0.29, 0.717) is 11.1 Å². The van der Waals surface area contributed by atoms with E-state index in [2.05, 4.69) is 0 Å². The summed E-state index contributed by atoms with van der Waals surface area (Å²) in [5, 5.41) is 14.8. The Labute approximate surface area is 148 Å². The number of hydrogen-bond acceptors (Lipinski definition) is 6. The molecule has 0 spiro atoms. The standard InChI is InChI=1S/2C7H8N2O.C2H2O4/c2*8-9-7(10)6-4-2-1-3-5-6;3-1(4)2(5)6/h2*1-5H,8H2,(H,9,10);(H,3,4)(H,5,6). The molecule has 10 nitrogen and oxygen atoms in total. The van der Waals surface area contributed by atoms with Gasteiger partial charge in [0.1, 0.15) is 0 Å². The molecule has 0 heterocycles. The average molecular weight is 362 g/mol. The van der Waals surface area contributed by atoms with Gasteiger partial charge in [0.05, 0.1) is 0 Å². The number of carboxylic acids is 2. The highest BCUT2D eigenvalue weighted by molar-refractivity contribution is 6.27. The first-order valence-electron chi connectivity index (χ1n) is 6.91. The van der Waals surface area contributed by atoms with Gasteiger partial charge in [-0.05, 0) is 24.3 Å². The first-order valence-corrected chi connectivity index (χ1v) is 6.91. The Balaban J connectivity index is 0.000000375. The van der Waals surface area contributed by atoms with Crippen molar-refractivity contribution in [3.63, 3.8) is 0 Å². The Morgan fingerprint density at radius 2 is 0.885 bits per heavy atom. The number of nitrogens with one attached hydrogen (secondary N) is 2. The van der Waals surface area contributed by atoms with Crippen LogP contribution in [0.15, 0.2) is 60.7 Å². The predicted octanol–water partition coefficient (Wildman–Crippen LogP) is -0.264. The maximum absolute atomic E-state index is 10.8. The van der Waals surface area contributed by atoms with E-state index in [9.17, 15) is 9.59 Å². The highest BCUT2D eigenvalue weighted by Crippen LogP contribution is 1.96. The first kappa shape index (κ1) is 22.2. The second-order valence-electron chi connectivity index (χ2n) is 4.29. The molecule has 0 aliphatic heterocycles. The summed E-state index contributed by atoms with van der Waals surface area (Å²) >= 11 is 0. The van der Waals surface area contributed by atoms with Gasteiger partial charge in [-0.2, -0.15) is 0 Å². The molecule has 10 heteroatoms. The van der Waals surface area contributed by atoms with Crippen molar-refractivity contribution in [2.24, 2.45) is 11.7 Å². The number of carbonyl (C=O) groups excluding carboxylic acids is 2. The first-order chi connectivity index (χ1) is 12.3. The zero-order valence-electron chi connectivity index (χ0n) is 13.5. The van der Waals surface area contributed by atoms with E-state index >= 15 is 0 Å². The van der Waals surface area contributed by atoms with Gasteiger partial charge in [0.25, 0.3) is 11.8 Å². The topological polar surface area (TPSA) is 185 Å². The van der Waals surface area contributed by atoms with Crippen molar-refractivity contribution in [2.45, 2.75) is 0 Å². The molecule has 0 fully saturated rings. The van der Waals surface area contributed by atoms with Gasteiger partial charge in [-0.1, -0.05) is 36.4 Å². The Morgan fingerprint density at radius 3 is 1.08 bits per heavy atom. The number of rotatable bonds is 2. The van der Waals surface area contributed by atoms with Crippen LogP contribution in [-0.4, -0.2) is 34.0 Å². The zero-order valence-corrected chi connectivity index (χ0v) is 13.5. The van der Waals surface area contributed by atoms with E-state index in [1.54, 1.807) is 48.5 Å². The van der Waals surface area contributed by atoms with Crippen molar-refractivity contribution in [1.82, 2.24) is 10.9 Å². The van der Waals surface area contributed by atoms with Crippen molar-refractivity contribution in [2.75, 3.05) is 0 Å². The Hall–Kier alpha value is -3.76. The van der Waals surface area contributed by atoms with Crippen molar-refractivity contribution in [3.8, 4) is 0 Å². The molecule has 0 radical (unpaired) electrons. The van der Waals surface area contributed by atoms with Crippen LogP contribution in [0.3, 0.4) is 0 Å². The van der Waals surface area contributed by atoms with E-state index < -0.39 is 11.9 Å². The molecule has 0 unspecified atom stereocenters. The van der Waals surface area contributed by atoms with Crippen LogP contribution < -0.4 is 22.5 Å². The average Bonchev–Trinajstić information content (AvgIpc) is 2.69. The lowest BCUT2D eigenvalue weighted by Crippen LogP contribution is -2.29. The third-order valence-electron chi connectivity index (χ3n) is 2.52. The summed E-state index contributed by atoms with van der Waals surface area (Å²) in [6.07, 6.45) is 0. The van der Waals surface area contributed by atoms with Crippen LogP contribution in [0.4, 0.5) is 0 Å². The van der Waals surface area contributed by atoms with Crippen LogP contribution in [0.2, 0.25) is 0 Å². The summed E-state index contributed by atoms with van der Waals surface area (Å²) in [6.45, 7) is 0. The van der Waals surface area contributed by atoms with Crippen molar-refractivity contribution >= 4 is 23.8 Å². The largest absolute Gasteiger partial charge is 0.473 e. The molecular weight excluding hydrogens is 344 g/mol. The summed E-state index contributed by atoms with van der Waals surface area (Å²) in [5.74, 6) is 5.63. The number of carbonyl (C=O) groups is 4. The van der Waals surface area contributed by atoms with Gasteiger partial charge in [0.15, 0.2) is 0 Å². The second-order valence-corrected chi connectivity index (χ2v) is 4.29. The molecule has 0 atom stereocenters. The second kappa shape index (κ2) is 12.6. The van der Waals surface area contributed by atoms with E-state index in [-0.39, 0.29) is 11.8 Å². The summed E-state index contributed by atoms with van der Waals surface area (Å²) in [6, 6.07) is 17.6. The van der Waals surface area contributed by atoms with Crippen LogP contribution in [-0.2, 0) is 9.59 Å². The van der Waals surface area contributed by atoms with Gasteiger partial charge in [-0.15, -0.1) is 0 Å². The number of nitrogens with two attached hydrogens (primary N) is 2. The summed E-state index contributed by atoms with van der Waals surface area (Å²) < 4.78 is 0. The smallest absolute Gasteiger partial charge is 0.414 e. The lowest BCUT2D eigenvalue weighted by atomic mass is 10.2. The van der Waals surface area contributed by atoms with Crippen LogP contribution >= 0.6 is 0 Å². The van der Waals surface area contributed by atoms with Gasteiger partial charge in [-0.25, -0.2) is 21.3 Å². The van der Waals surface area contributed by atoms with Gasteiger partial charge < -0.3 is 10.2 Å². The normalized spacial score (nSPS) is 8.54. The number of carboxylic acid groups (broad SMARTS) is 2. The lowest BCUT2D eigenvalue weighted by Gasteiger charge is -1.95. The van der Waals surface area contributed by atoms with E-state index in [4.69, 9.17) is 31.5 Å². The highest BCUT2D eigenvalue weighted by atomic mass is 16.4. The quantitative estimate of drug-likeness (QED) is 0.182. The maximum atomic E-state index is 10.8. The fourth-order valence-electron chi connectivity index (χ4n) is 1.35. The van der Waals surface area contributed by atoms with Crippen LogP contribution in [0, 0.1) is 0 Å². The molecule has 0 saturated heterocycles. The predicted molar refractivity (Wildman–Crippen MR) is 91.5 cm³/mol. The minimum Gasteiger partial charge on any atom is -0.473 e. The fraction of sp³-hybridized carbons (Fsp3) is 0. The Kier molecular flexibility index (Phi) is 10.8. The minimum absolute atomic E-state index is 0.263. The number of hydrazine groups is 2. The zero-order chi connectivity index (χ0) is 19.9. The molecule has 0 saturated carbocycles. The van der Waals surface area contributed by atoms with Crippen LogP contribution in [0.25, 0.3) is 0 Å². The fourth-order valence-corrected chi connectivity index (χ4v) is 1.35. The number of benzene rings is 2.